The van der Waals surface area contributed by atoms with Crippen molar-refractivity contribution in [1.82, 2.24) is 15.2 Å². The average Bonchev–Trinajstić information content (AvgIpc) is 2.68. The molecule has 1 N–H and O–H groups in total. The van der Waals surface area contributed by atoms with Crippen molar-refractivity contribution in [3.8, 4) is 0 Å². The van der Waals surface area contributed by atoms with Crippen molar-refractivity contribution in [2.45, 2.75) is 13.8 Å². The molecule has 0 fully saturated rings. The normalized spacial score (nSPS) is 11.0. The van der Waals surface area contributed by atoms with E-state index in [-0.39, 0.29) is 5.91 Å². The minimum absolute atomic E-state index is 0.326. The summed E-state index contributed by atoms with van der Waals surface area (Å²) in [6, 6.07) is 7.81. The van der Waals surface area contributed by atoms with E-state index in [0.717, 1.165) is 16.8 Å². The van der Waals surface area contributed by atoms with Crippen molar-refractivity contribution < 1.29 is 4.79 Å². The Hall–Kier alpha value is -1.95. The molecule has 6 heteroatoms. The molecular weight excluding hydrogens is 320 g/mol. The number of nitrogens with one attached hydrogen (secondary N) is 1. The van der Waals surface area contributed by atoms with Crippen molar-refractivity contribution in [1.29, 1.82) is 0 Å². The molecule has 1 aromatic carbocycles. The van der Waals surface area contributed by atoms with Gasteiger partial charge in [0.25, 0.3) is 5.91 Å². The zero-order chi connectivity index (χ0) is 14.7. The number of benzene rings is 1. The number of carbonyl (C=O) groups excluding carboxylic acids is 1. The van der Waals surface area contributed by atoms with Crippen LogP contribution in [-0.4, -0.2) is 21.9 Å². The lowest BCUT2D eigenvalue weighted by atomic mass is 10.1. The molecule has 0 aliphatic carbocycles. The van der Waals surface area contributed by atoms with Gasteiger partial charge >= 0.3 is 0 Å². The smallest absolute Gasteiger partial charge is 0.271 e. The van der Waals surface area contributed by atoms with Crippen LogP contribution >= 0.6 is 15.9 Å². The molecule has 2 aromatic rings. The van der Waals surface area contributed by atoms with Crippen LogP contribution in [0.3, 0.4) is 0 Å². The minimum Gasteiger partial charge on any atom is -0.271 e. The molecule has 0 radical (unpaired) electrons. The summed E-state index contributed by atoms with van der Waals surface area (Å²) in [5, 5.41) is 8.10. The van der Waals surface area contributed by atoms with Gasteiger partial charge < -0.3 is 0 Å². The molecule has 2 rings (SSSR count). The quantitative estimate of drug-likeness (QED) is 0.692. The van der Waals surface area contributed by atoms with Gasteiger partial charge in [0, 0.05) is 7.05 Å². The highest BCUT2D eigenvalue weighted by Crippen LogP contribution is 2.19. The zero-order valence-corrected chi connectivity index (χ0v) is 13.1. The molecule has 1 amide bonds. The van der Waals surface area contributed by atoms with Gasteiger partial charge in [-0.05, 0) is 40.9 Å². The molecule has 0 spiro atoms. The molecule has 1 heterocycles. The first kappa shape index (κ1) is 14.5. The highest BCUT2D eigenvalue weighted by molar-refractivity contribution is 9.10. The summed E-state index contributed by atoms with van der Waals surface area (Å²) in [5.41, 5.74) is 5.75. The van der Waals surface area contributed by atoms with Crippen LogP contribution in [0.15, 0.2) is 33.8 Å². The van der Waals surface area contributed by atoms with Gasteiger partial charge in [-0.1, -0.05) is 24.3 Å². The van der Waals surface area contributed by atoms with E-state index in [9.17, 15) is 4.79 Å². The van der Waals surface area contributed by atoms with Crippen LogP contribution in [0.4, 0.5) is 0 Å². The van der Waals surface area contributed by atoms with Gasteiger partial charge in [-0.2, -0.15) is 10.2 Å². The Morgan fingerprint density at radius 2 is 2.10 bits per heavy atom. The Morgan fingerprint density at radius 1 is 1.40 bits per heavy atom. The summed E-state index contributed by atoms with van der Waals surface area (Å²) in [7, 11) is 1.79. The Labute approximate surface area is 125 Å². The third kappa shape index (κ3) is 2.96. The predicted octanol–water partition coefficient (Wildman–Crippen LogP) is 2.56. The number of aryl methyl sites for hydroxylation is 2. The molecule has 0 bridgehead atoms. The molecule has 0 unspecified atom stereocenters. The molecule has 5 nitrogen and oxygen atoms in total. The van der Waals surface area contributed by atoms with Gasteiger partial charge in [-0.3, -0.25) is 9.48 Å². The number of carbonyl (C=O) groups is 1. The van der Waals surface area contributed by atoms with Crippen molar-refractivity contribution in [3.05, 3.63) is 51.3 Å². The van der Waals surface area contributed by atoms with E-state index in [1.54, 1.807) is 17.9 Å². The van der Waals surface area contributed by atoms with Gasteiger partial charge in [-0.25, -0.2) is 5.43 Å². The van der Waals surface area contributed by atoms with E-state index in [1.807, 2.05) is 38.1 Å². The van der Waals surface area contributed by atoms with Gasteiger partial charge in [-0.15, -0.1) is 0 Å². The Kier molecular flexibility index (Phi) is 4.34. The standard InChI is InChI=1S/C14H15BrN4O/c1-9-6-4-5-7-11(9)8-16-17-14(20)13-12(15)10(2)19(3)18-13/h4-8H,1-3H3,(H,17,20). The fourth-order valence-electron chi connectivity index (χ4n) is 1.67. The van der Waals surface area contributed by atoms with E-state index in [1.165, 1.54) is 0 Å². The summed E-state index contributed by atoms with van der Waals surface area (Å²) >= 11 is 3.35. The maximum absolute atomic E-state index is 12.0. The van der Waals surface area contributed by atoms with Crippen LogP contribution in [0.1, 0.15) is 27.3 Å². The number of rotatable bonds is 3. The zero-order valence-electron chi connectivity index (χ0n) is 11.5. The van der Waals surface area contributed by atoms with E-state index < -0.39 is 0 Å². The first-order chi connectivity index (χ1) is 9.50. The van der Waals surface area contributed by atoms with Gasteiger partial charge in [0.15, 0.2) is 5.69 Å². The van der Waals surface area contributed by atoms with Crippen LogP contribution < -0.4 is 5.43 Å². The second-order valence-corrected chi connectivity index (χ2v) is 5.22. The summed E-state index contributed by atoms with van der Waals surface area (Å²) in [6.07, 6.45) is 1.62. The lowest BCUT2D eigenvalue weighted by Crippen LogP contribution is -2.19. The maximum atomic E-state index is 12.0. The number of hydrogen-bond donors (Lipinski definition) is 1. The monoisotopic (exact) mass is 334 g/mol. The maximum Gasteiger partial charge on any atom is 0.293 e. The molecular formula is C14H15BrN4O. The number of nitrogens with zero attached hydrogens (tertiary/aromatic N) is 3. The van der Waals surface area contributed by atoms with Crippen molar-refractivity contribution in [2.24, 2.45) is 12.1 Å². The van der Waals surface area contributed by atoms with E-state index in [4.69, 9.17) is 0 Å². The van der Waals surface area contributed by atoms with Crippen LogP contribution in [0.5, 0.6) is 0 Å². The highest BCUT2D eigenvalue weighted by Gasteiger charge is 2.16. The van der Waals surface area contributed by atoms with E-state index >= 15 is 0 Å². The number of hydrazone groups is 1. The summed E-state index contributed by atoms with van der Waals surface area (Å²) < 4.78 is 2.33. The first-order valence-corrected chi connectivity index (χ1v) is 6.88. The van der Waals surface area contributed by atoms with E-state index in [0.29, 0.717) is 10.2 Å². The molecule has 0 atom stereocenters. The molecule has 104 valence electrons. The van der Waals surface area contributed by atoms with Crippen LogP contribution in [-0.2, 0) is 7.05 Å². The number of hydrogen-bond acceptors (Lipinski definition) is 3. The summed E-state index contributed by atoms with van der Waals surface area (Å²) in [4.78, 5) is 12.0. The molecule has 0 saturated carbocycles. The molecule has 0 saturated heterocycles. The average molecular weight is 335 g/mol. The third-order valence-electron chi connectivity index (χ3n) is 3.03. The molecule has 0 aliphatic rings. The lowest BCUT2D eigenvalue weighted by molar-refractivity contribution is 0.0948. The Bertz CT molecular complexity index is 676. The highest BCUT2D eigenvalue weighted by atomic mass is 79.9. The van der Waals surface area contributed by atoms with Gasteiger partial charge in [0.2, 0.25) is 0 Å². The predicted molar refractivity (Wildman–Crippen MR) is 81.9 cm³/mol. The first-order valence-electron chi connectivity index (χ1n) is 6.09. The SMILES string of the molecule is Cc1ccccc1C=NNC(=O)c1nn(C)c(C)c1Br. The van der Waals surface area contributed by atoms with Crippen molar-refractivity contribution in [3.63, 3.8) is 0 Å². The number of halogens is 1. The Morgan fingerprint density at radius 3 is 2.70 bits per heavy atom. The third-order valence-corrected chi connectivity index (χ3v) is 3.98. The number of amides is 1. The van der Waals surface area contributed by atoms with Gasteiger partial charge in [0.1, 0.15) is 0 Å². The number of aromatic nitrogens is 2. The second kappa shape index (κ2) is 6.00. The van der Waals surface area contributed by atoms with Crippen LogP contribution in [0.2, 0.25) is 0 Å². The largest absolute Gasteiger partial charge is 0.293 e. The van der Waals surface area contributed by atoms with Crippen molar-refractivity contribution in [2.75, 3.05) is 0 Å². The fourth-order valence-corrected chi connectivity index (χ4v) is 2.19. The van der Waals surface area contributed by atoms with Gasteiger partial charge in [0.05, 0.1) is 16.4 Å². The fraction of sp³-hybridized carbons (Fsp3) is 0.214. The minimum atomic E-state index is -0.342. The summed E-state index contributed by atoms with van der Waals surface area (Å²) in [5.74, 6) is -0.342. The van der Waals surface area contributed by atoms with Crippen LogP contribution in [0, 0.1) is 13.8 Å². The topological polar surface area (TPSA) is 59.3 Å². The Balaban J connectivity index is 2.09. The second-order valence-electron chi connectivity index (χ2n) is 4.43. The summed E-state index contributed by atoms with van der Waals surface area (Å²) in [6.45, 7) is 3.87. The van der Waals surface area contributed by atoms with Crippen LogP contribution in [0.25, 0.3) is 0 Å². The molecule has 0 aliphatic heterocycles. The molecule has 20 heavy (non-hydrogen) atoms. The lowest BCUT2D eigenvalue weighted by Gasteiger charge is -1.99. The van der Waals surface area contributed by atoms with E-state index in [2.05, 4.69) is 31.6 Å². The molecule has 1 aromatic heterocycles. The van der Waals surface area contributed by atoms with Crippen molar-refractivity contribution >= 4 is 28.1 Å².